The summed E-state index contributed by atoms with van der Waals surface area (Å²) in [6.45, 7) is -0.0467. The van der Waals surface area contributed by atoms with Gasteiger partial charge in [0.1, 0.15) is 6.10 Å². The average molecular weight is 494 g/mol. The van der Waals surface area contributed by atoms with Crippen molar-refractivity contribution >= 4 is 13.8 Å². The van der Waals surface area contributed by atoms with Gasteiger partial charge in [0.2, 0.25) is 12.5 Å². The molecule has 182 valence electrons. The molecule has 12 heteroatoms. The van der Waals surface area contributed by atoms with E-state index in [1.54, 1.807) is 24.3 Å². The quantitative estimate of drug-likeness (QED) is 0.452. The van der Waals surface area contributed by atoms with Gasteiger partial charge in [0.05, 0.1) is 33.9 Å². The Labute approximate surface area is 194 Å². The summed E-state index contributed by atoms with van der Waals surface area (Å²) in [6, 6.07) is 6.84. The average Bonchev–Trinajstić information content (AvgIpc) is 3.42. The molecule has 3 aliphatic rings. The number of rotatable bonds is 6. The number of hydrogen-bond donors (Lipinski definition) is 2. The van der Waals surface area contributed by atoms with Crippen molar-refractivity contribution in [3.63, 3.8) is 0 Å². The Balaban J connectivity index is 1.75. The molecule has 1 fully saturated rings. The molecule has 1 aliphatic carbocycles. The van der Waals surface area contributed by atoms with Crippen LogP contribution in [-0.2, 0) is 18.6 Å². The summed E-state index contributed by atoms with van der Waals surface area (Å²) in [6.07, 6.45) is -1.10. The first-order chi connectivity index (χ1) is 16.3. The normalized spacial score (nSPS) is 24.8. The van der Waals surface area contributed by atoms with E-state index in [0.717, 1.165) is 0 Å². The van der Waals surface area contributed by atoms with E-state index in [-0.39, 0.29) is 13.4 Å². The Bertz CT molecular complexity index is 1160. The Hall–Kier alpha value is -2.98. The molecule has 0 amide bonds. The van der Waals surface area contributed by atoms with Gasteiger partial charge in [-0.05, 0) is 41.0 Å². The van der Waals surface area contributed by atoms with E-state index in [2.05, 4.69) is 0 Å². The second kappa shape index (κ2) is 8.35. The van der Waals surface area contributed by atoms with Crippen LogP contribution in [0.4, 0.5) is 0 Å². The lowest BCUT2D eigenvalue weighted by Crippen LogP contribution is -2.35. The van der Waals surface area contributed by atoms with E-state index < -0.39 is 37.6 Å². The summed E-state index contributed by atoms with van der Waals surface area (Å²) >= 11 is 0. The summed E-state index contributed by atoms with van der Waals surface area (Å²) in [5.41, 5.74) is 1.74. The number of phosphoric acid groups is 1. The van der Waals surface area contributed by atoms with Crippen molar-refractivity contribution in [1.29, 1.82) is 0 Å². The third-order valence-electron chi connectivity index (χ3n) is 6.42. The smallest absolute Gasteiger partial charge is 0.470 e. The van der Waals surface area contributed by atoms with Crippen LogP contribution in [0.25, 0.3) is 0 Å². The first-order valence-electron chi connectivity index (χ1n) is 10.4. The van der Waals surface area contributed by atoms with Crippen molar-refractivity contribution in [3.8, 4) is 28.7 Å². The van der Waals surface area contributed by atoms with Gasteiger partial charge < -0.3 is 38.2 Å². The fraction of sp³-hybridized carbons (Fsp3) is 0.409. The van der Waals surface area contributed by atoms with E-state index in [1.165, 1.54) is 21.3 Å². The van der Waals surface area contributed by atoms with Crippen molar-refractivity contribution in [1.82, 2.24) is 0 Å². The lowest BCUT2D eigenvalue weighted by atomic mass is 9.66. The number of ether oxygens (including phenoxy) is 6. The second-order valence-electron chi connectivity index (χ2n) is 8.11. The van der Waals surface area contributed by atoms with Crippen LogP contribution in [0.15, 0.2) is 24.3 Å². The molecular formula is C22H23O11P. The van der Waals surface area contributed by atoms with Gasteiger partial charge in [-0.25, -0.2) is 4.57 Å². The van der Waals surface area contributed by atoms with Crippen LogP contribution in [0.5, 0.6) is 28.7 Å². The molecular weight excluding hydrogens is 471 g/mol. The number of methoxy groups -OCH3 is 3. The van der Waals surface area contributed by atoms with Gasteiger partial charge in [-0.3, -0.25) is 9.32 Å². The Morgan fingerprint density at radius 1 is 0.912 bits per heavy atom. The molecule has 2 aromatic rings. The van der Waals surface area contributed by atoms with Gasteiger partial charge in [0.25, 0.3) is 0 Å². The van der Waals surface area contributed by atoms with E-state index in [9.17, 15) is 19.1 Å². The summed E-state index contributed by atoms with van der Waals surface area (Å²) in [7, 11) is -0.430. The van der Waals surface area contributed by atoms with Gasteiger partial charge in [0, 0.05) is 11.8 Å². The highest BCUT2D eigenvalue weighted by Crippen LogP contribution is 2.59. The highest BCUT2D eigenvalue weighted by molar-refractivity contribution is 7.46. The van der Waals surface area contributed by atoms with Crippen molar-refractivity contribution in [2.75, 3.05) is 34.7 Å². The maximum atomic E-state index is 13.0. The SMILES string of the molecule is COc1cc([C@@H]2c3cc4c(cc3[C@H](OP(=O)(O)O)C3COC(=O)C32)OCO4)cc(OC)c1OC. The molecule has 11 nitrogen and oxygen atoms in total. The second-order valence-corrected chi connectivity index (χ2v) is 9.30. The molecule has 5 rings (SSSR count). The number of carbonyl (C=O) groups excluding carboxylic acids is 1. The molecule has 1 saturated heterocycles. The molecule has 2 unspecified atom stereocenters. The number of phosphoric ester groups is 1. The topological polar surface area (TPSA) is 139 Å². The van der Waals surface area contributed by atoms with E-state index in [1.807, 2.05) is 0 Å². The zero-order valence-electron chi connectivity index (χ0n) is 18.5. The summed E-state index contributed by atoms with van der Waals surface area (Å²) < 4.78 is 49.9. The van der Waals surface area contributed by atoms with Gasteiger partial charge >= 0.3 is 13.8 Å². The monoisotopic (exact) mass is 494 g/mol. The standard InChI is InChI=1S/C22H23O11P/c1-27-16-4-10(5-17(28-2)21(16)29-3)18-11-6-14-15(32-9-31-14)7-12(11)20(33-34(24,25)26)13-8-30-22(23)19(13)18/h4-7,13,18-20H,8-9H2,1-3H3,(H2,24,25,26)/t13?,18-,19?,20+/m1/s1. The third kappa shape index (κ3) is 3.65. The molecule has 0 spiro atoms. The van der Waals surface area contributed by atoms with Gasteiger partial charge in [-0.1, -0.05) is 0 Å². The Morgan fingerprint density at radius 3 is 2.09 bits per heavy atom. The van der Waals surface area contributed by atoms with Crippen LogP contribution in [-0.4, -0.2) is 50.5 Å². The molecule has 2 heterocycles. The first-order valence-corrected chi connectivity index (χ1v) is 11.9. The molecule has 2 aromatic carbocycles. The van der Waals surface area contributed by atoms with Crippen molar-refractivity contribution in [3.05, 3.63) is 41.0 Å². The summed E-state index contributed by atoms with van der Waals surface area (Å²) in [5.74, 6) is -0.443. The Kier molecular flexibility index (Phi) is 5.60. The summed E-state index contributed by atoms with van der Waals surface area (Å²) in [5, 5.41) is 0. The van der Waals surface area contributed by atoms with Crippen LogP contribution in [0.1, 0.15) is 28.7 Å². The largest absolute Gasteiger partial charge is 0.493 e. The number of hydrogen-bond acceptors (Lipinski definition) is 9. The zero-order valence-corrected chi connectivity index (χ0v) is 19.4. The highest BCUT2D eigenvalue weighted by atomic mass is 31.2. The molecule has 2 aliphatic heterocycles. The van der Waals surface area contributed by atoms with Crippen LogP contribution < -0.4 is 23.7 Å². The van der Waals surface area contributed by atoms with E-state index >= 15 is 0 Å². The lowest BCUT2D eigenvalue weighted by Gasteiger charge is -2.38. The van der Waals surface area contributed by atoms with Crippen LogP contribution in [0, 0.1) is 11.8 Å². The fourth-order valence-corrected chi connectivity index (χ4v) is 5.64. The van der Waals surface area contributed by atoms with Crippen LogP contribution >= 0.6 is 7.82 Å². The van der Waals surface area contributed by atoms with Gasteiger partial charge in [-0.2, -0.15) is 0 Å². The van der Waals surface area contributed by atoms with Gasteiger partial charge in [0.15, 0.2) is 23.0 Å². The minimum absolute atomic E-state index is 0.00594. The molecule has 0 aromatic heterocycles. The van der Waals surface area contributed by atoms with Crippen molar-refractivity contribution < 1.29 is 52.1 Å². The minimum atomic E-state index is -4.90. The number of benzene rings is 2. The van der Waals surface area contributed by atoms with E-state index in [4.69, 9.17) is 32.9 Å². The summed E-state index contributed by atoms with van der Waals surface area (Å²) in [4.78, 5) is 32.2. The third-order valence-corrected chi connectivity index (χ3v) is 6.92. The highest BCUT2D eigenvalue weighted by Gasteiger charge is 2.54. The van der Waals surface area contributed by atoms with Crippen LogP contribution in [0.2, 0.25) is 0 Å². The maximum absolute atomic E-state index is 13.0. The van der Waals surface area contributed by atoms with Crippen molar-refractivity contribution in [2.45, 2.75) is 12.0 Å². The van der Waals surface area contributed by atoms with Crippen molar-refractivity contribution in [2.24, 2.45) is 11.8 Å². The fourth-order valence-electron chi connectivity index (χ4n) is 5.08. The number of carbonyl (C=O) groups is 1. The maximum Gasteiger partial charge on any atom is 0.470 e. The predicted molar refractivity (Wildman–Crippen MR) is 114 cm³/mol. The molecule has 34 heavy (non-hydrogen) atoms. The zero-order chi connectivity index (χ0) is 24.2. The lowest BCUT2D eigenvalue weighted by molar-refractivity contribution is -0.141. The predicted octanol–water partition coefficient (Wildman–Crippen LogP) is 2.53. The molecule has 2 N–H and O–H groups in total. The van der Waals surface area contributed by atoms with Crippen LogP contribution in [0.3, 0.4) is 0 Å². The molecule has 4 atom stereocenters. The minimum Gasteiger partial charge on any atom is -0.493 e. The number of fused-ring (bicyclic) bond motifs is 3. The van der Waals surface area contributed by atoms with Gasteiger partial charge in [-0.15, -0.1) is 0 Å². The first kappa shape index (κ1) is 22.8. The molecule has 0 radical (unpaired) electrons. The Morgan fingerprint density at radius 2 is 1.53 bits per heavy atom. The molecule has 0 bridgehead atoms. The molecule has 0 saturated carbocycles. The number of esters is 1. The number of cyclic esters (lactones) is 1. The van der Waals surface area contributed by atoms with E-state index in [0.29, 0.717) is 45.4 Å².